The molecule has 0 atom stereocenters. The van der Waals surface area contributed by atoms with E-state index in [-0.39, 0.29) is 0 Å². The molecule has 0 unspecified atom stereocenters. The first-order chi connectivity index (χ1) is 21.4. The Hall–Kier alpha value is -1.72. The molecule has 43 heteroatoms. The fourth-order valence-electron chi connectivity index (χ4n) is 1.23. The van der Waals surface area contributed by atoms with E-state index in [4.69, 9.17) is 11.7 Å². The Labute approximate surface area is 239 Å². The SMILES string of the molecule is NNNNNNNNNNNNNNNNNNNNNNNNNNNNNNNNNNNNNNNNNNN. The van der Waals surface area contributed by atoms with Crippen LogP contribution in [0.15, 0.2) is 0 Å². The molecule has 43 heavy (non-hydrogen) atoms. The van der Waals surface area contributed by atoms with Gasteiger partial charge in [0.05, 0.1) is 0 Å². The smallest absolute Gasteiger partial charge is 0.164 e. The molecule has 0 aliphatic heterocycles. The summed E-state index contributed by atoms with van der Waals surface area (Å²) in [5.41, 5.74) is 101. The van der Waals surface area contributed by atoms with Crippen LogP contribution in [0.1, 0.15) is 0 Å². The van der Waals surface area contributed by atoms with Crippen molar-refractivity contribution >= 4 is 0 Å². The molecular weight excluding hydrogens is 602 g/mol. The maximum atomic E-state index is 4.93. The first-order valence-corrected chi connectivity index (χ1v) is 10.6. The minimum atomic E-state index is 2.12. The lowest BCUT2D eigenvalue weighted by Gasteiger charge is -2.16. The van der Waals surface area contributed by atoms with Gasteiger partial charge in [-0.3, -0.25) is 11.7 Å². The van der Waals surface area contributed by atoms with Crippen molar-refractivity contribution in [1.29, 1.82) is 0 Å². The number of hydrogen-bond acceptors (Lipinski definition) is 43. The van der Waals surface area contributed by atoms with Gasteiger partial charge in [0.25, 0.3) is 0 Å². The summed E-state index contributed by atoms with van der Waals surface area (Å²) in [6, 6.07) is 0. The number of nitrogens with two attached hydrogens (primary N) is 2. The maximum absolute atomic E-state index is 4.93. The zero-order valence-corrected chi connectivity index (χ0v) is 21.7. The second kappa shape index (κ2) is 40.3. The quantitative estimate of drug-likeness (QED) is 0.0167. The molecule has 0 saturated heterocycles. The van der Waals surface area contributed by atoms with Crippen LogP contribution in [0.5, 0.6) is 0 Å². The summed E-state index contributed by atoms with van der Waals surface area (Å²) in [5.74, 6) is 9.86. The van der Waals surface area contributed by atoms with Crippen molar-refractivity contribution in [3.05, 3.63) is 0 Å². The Morgan fingerprint density at radius 3 is 0.256 bits per heavy atom. The van der Waals surface area contributed by atoms with Gasteiger partial charge in [-0.1, -0.05) is 0 Å². The first kappa shape index (κ1) is 41.3. The van der Waals surface area contributed by atoms with E-state index in [1.54, 1.807) is 0 Å². The third-order valence-electron chi connectivity index (χ3n) is 2.52. The zero-order valence-electron chi connectivity index (χ0n) is 21.7. The Bertz CT molecular complexity index is 399. The van der Waals surface area contributed by atoms with Gasteiger partial charge in [-0.25, -0.2) is 0 Å². The monoisotopic (exact) mass is 647 g/mol. The molecule has 0 saturated carbocycles. The number of nitrogens with one attached hydrogen (secondary N) is 41. The summed E-state index contributed by atoms with van der Waals surface area (Å²) >= 11 is 0. The average Bonchev–Trinajstić information content (AvgIpc) is 3.02. The molecule has 260 valence electrons. The second-order valence-corrected chi connectivity index (χ2v) is 5.16. The van der Waals surface area contributed by atoms with E-state index in [0.29, 0.717) is 0 Å². The summed E-state index contributed by atoms with van der Waals surface area (Å²) in [6.07, 6.45) is 0. The molecule has 0 heterocycles. The van der Waals surface area contributed by atoms with E-state index in [1.807, 2.05) is 0 Å². The van der Waals surface area contributed by atoms with E-state index < -0.39 is 0 Å². The molecular formula is H45N43. The van der Waals surface area contributed by atoms with Crippen LogP contribution in [0.4, 0.5) is 0 Å². The summed E-state index contributed by atoms with van der Waals surface area (Å²) in [6.45, 7) is 0. The van der Waals surface area contributed by atoms with Crippen LogP contribution in [0.2, 0.25) is 0 Å². The molecule has 0 aromatic rings. The number of hydrogen-bond donors (Lipinski definition) is 43. The van der Waals surface area contributed by atoms with E-state index in [9.17, 15) is 0 Å². The van der Waals surface area contributed by atoms with Gasteiger partial charge < -0.3 is 0 Å². The molecule has 0 aliphatic carbocycles. The summed E-state index contributed by atoms with van der Waals surface area (Å²) < 4.78 is 0. The third kappa shape index (κ3) is 40.3. The maximum Gasteiger partial charge on any atom is -0.164 e. The topological polar surface area (TPSA) is 545 Å². The van der Waals surface area contributed by atoms with Crippen molar-refractivity contribution < 1.29 is 0 Å². The van der Waals surface area contributed by atoms with Crippen LogP contribution >= 0.6 is 0 Å². The van der Waals surface area contributed by atoms with E-state index in [2.05, 4.69) is 227 Å². The molecule has 0 amide bonds. The van der Waals surface area contributed by atoms with Crippen molar-refractivity contribution in [2.45, 2.75) is 0 Å². The van der Waals surface area contributed by atoms with Gasteiger partial charge in [-0.05, 0) is 0 Å². The van der Waals surface area contributed by atoms with Gasteiger partial charge in [0, 0.05) is 0 Å². The fraction of sp³-hybridized carbons (Fsp3) is 0. The minimum absolute atomic E-state index is 2.12. The van der Waals surface area contributed by atoms with Crippen molar-refractivity contribution in [3.8, 4) is 0 Å². The largest absolute Gasteiger partial charge is 0.257 e. The van der Waals surface area contributed by atoms with E-state index >= 15 is 0 Å². The highest BCUT2D eigenvalue weighted by molar-refractivity contribution is 4.20. The predicted octanol–water partition coefficient (Wildman–Crippen LogP) is -21.5. The summed E-state index contributed by atoms with van der Waals surface area (Å²) in [4.78, 5) is 0. The van der Waals surface area contributed by atoms with Crippen molar-refractivity contribution in [3.63, 3.8) is 0 Å². The minimum Gasteiger partial charge on any atom is -0.257 e. The molecule has 45 N–H and O–H groups in total. The van der Waals surface area contributed by atoms with Gasteiger partial charge >= 0.3 is 0 Å². The van der Waals surface area contributed by atoms with Crippen LogP contribution in [-0.4, -0.2) is 0 Å². The highest BCUT2D eigenvalue weighted by Gasteiger charge is 1.87. The van der Waals surface area contributed by atoms with Crippen LogP contribution in [0.3, 0.4) is 0 Å². The molecule has 0 aromatic carbocycles. The van der Waals surface area contributed by atoms with Gasteiger partial charge in [-0.15, -0.1) is 0 Å². The van der Waals surface area contributed by atoms with Crippen molar-refractivity contribution in [1.82, 2.24) is 227 Å². The van der Waals surface area contributed by atoms with Gasteiger partial charge in [0.1, 0.15) is 0 Å². The first-order valence-electron chi connectivity index (χ1n) is 10.6. The lowest BCUT2D eigenvalue weighted by atomic mass is 12.0. The van der Waals surface area contributed by atoms with Crippen molar-refractivity contribution in [2.24, 2.45) is 11.7 Å². The highest BCUT2D eigenvalue weighted by Crippen LogP contribution is 1.32. The Kier molecular flexibility index (Phi) is 38.7. The van der Waals surface area contributed by atoms with Crippen LogP contribution in [-0.2, 0) is 0 Å². The molecule has 0 aliphatic rings. The van der Waals surface area contributed by atoms with Gasteiger partial charge in [0.2, 0.25) is 0 Å². The molecule has 0 radical (unpaired) electrons. The highest BCUT2D eigenvalue weighted by atomic mass is 16.0. The normalized spacial score (nSPS) is 11.6. The third-order valence-corrected chi connectivity index (χ3v) is 2.52. The number of hydrazine groups is 42. The molecule has 0 spiro atoms. The molecule has 0 fully saturated rings. The molecule has 0 rings (SSSR count). The lowest BCUT2D eigenvalue weighted by Crippen LogP contribution is -2.70. The summed E-state index contributed by atoms with van der Waals surface area (Å²) in [7, 11) is 0. The predicted molar refractivity (Wildman–Crippen MR) is 137 cm³/mol. The van der Waals surface area contributed by atoms with Crippen LogP contribution < -0.4 is 239 Å². The lowest BCUT2D eigenvalue weighted by molar-refractivity contribution is 0.179. The second-order valence-electron chi connectivity index (χ2n) is 5.16. The van der Waals surface area contributed by atoms with Crippen LogP contribution in [0, 0.1) is 0 Å². The Balaban J connectivity index is 3.02. The van der Waals surface area contributed by atoms with E-state index in [1.165, 1.54) is 0 Å². The average molecular weight is 648 g/mol. The van der Waals surface area contributed by atoms with Gasteiger partial charge in [0.15, 0.2) is 0 Å². The van der Waals surface area contributed by atoms with Crippen molar-refractivity contribution in [2.75, 3.05) is 0 Å². The van der Waals surface area contributed by atoms with Gasteiger partial charge in [-0.2, -0.15) is 227 Å². The van der Waals surface area contributed by atoms with E-state index in [0.717, 1.165) is 0 Å². The zero-order chi connectivity index (χ0) is 31.0. The standard InChI is InChI=1S/H45N43/c1-3-5-7-9-11-13-15-17-19-21-23-25-27-29-31-33-35-37-39-41-43-42-40-38-36-34-32-30-28-26-24-22-20-18-16-14-12-10-8-6-4-2/h3-43H,1-2H2. The molecule has 43 nitrogen and oxygen atoms in total. The fourth-order valence-corrected chi connectivity index (χ4v) is 1.23. The summed E-state index contributed by atoms with van der Waals surface area (Å²) in [5, 5.41) is 0. The molecule has 0 bridgehead atoms. The number of rotatable bonds is 40. The Morgan fingerprint density at radius 1 is 0.116 bits per heavy atom. The Morgan fingerprint density at radius 2 is 0.186 bits per heavy atom. The molecule has 0 aromatic heterocycles. The van der Waals surface area contributed by atoms with Crippen LogP contribution in [0.25, 0.3) is 0 Å².